The highest BCUT2D eigenvalue weighted by atomic mass is 35.5. The van der Waals surface area contributed by atoms with Crippen molar-refractivity contribution < 1.29 is 22.0 Å². The van der Waals surface area contributed by atoms with Crippen LogP contribution in [0.3, 0.4) is 0 Å². The summed E-state index contributed by atoms with van der Waals surface area (Å²) in [5, 5.41) is 13.8. The molecule has 11 heteroatoms. The lowest BCUT2D eigenvalue weighted by molar-refractivity contribution is 0.306. The molecular formula is C29H30ClFN4O4S. The quantitative estimate of drug-likeness (QED) is 0.170. The maximum absolute atomic E-state index is 13.4. The molecule has 210 valence electrons. The van der Waals surface area contributed by atoms with E-state index in [4.69, 9.17) is 20.8 Å². The summed E-state index contributed by atoms with van der Waals surface area (Å²) in [6, 6.07) is 21.6. The minimum Gasteiger partial charge on any atom is -0.487 e. The van der Waals surface area contributed by atoms with Gasteiger partial charge in [-0.3, -0.25) is 5.32 Å². The summed E-state index contributed by atoms with van der Waals surface area (Å²) in [4.78, 5) is 0. The lowest BCUT2D eigenvalue weighted by Gasteiger charge is -2.30. The number of benzene rings is 3. The molecule has 2 heterocycles. The standard InChI is InChI=1S/C29H30ClFN4O4S/c1-40(36,37)12-11-32-16-23-7-10-27(39-23)20-5-8-26-24(14-20)29(34-18-33-26)35-22-6-9-28(25(30)15-22)38-17-19-3-2-4-21(31)13-19/h2-10,13-15,29,32-35H,11-12,16-18H2,1H3. The van der Waals surface area contributed by atoms with Gasteiger partial charge in [0.15, 0.2) is 0 Å². The fraction of sp³-hybridized carbons (Fsp3) is 0.241. The summed E-state index contributed by atoms with van der Waals surface area (Å²) in [5.41, 5.74) is 4.44. The molecule has 0 saturated heterocycles. The molecule has 1 aliphatic heterocycles. The Kier molecular flexibility index (Phi) is 8.60. The lowest BCUT2D eigenvalue weighted by Crippen LogP contribution is -2.37. The van der Waals surface area contributed by atoms with Crippen LogP contribution in [0.2, 0.25) is 5.02 Å². The van der Waals surface area contributed by atoms with E-state index in [0.29, 0.717) is 30.5 Å². The molecule has 4 N–H and O–H groups in total. The Morgan fingerprint density at radius 3 is 2.77 bits per heavy atom. The van der Waals surface area contributed by atoms with Crippen molar-refractivity contribution in [1.82, 2.24) is 10.6 Å². The molecule has 3 aromatic carbocycles. The van der Waals surface area contributed by atoms with E-state index < -0.39 is 9.84 Å². The highest BCUT2D eigenvalue weighted by molar-refractivity contribution is 7.90. The average molecular weight is 585 g/mol. The molecule has 0 radical (unpaired) electrons. The van der Waals surface area contributed by atoms with Gasteiger partial charge in [-0.25, -0.2) is 12.8 Å². The molecular weight excluding hydrogens is 555 g/mol. The molecule has 1 aromatic heterocycles. The molecule has 1 aliphatic rings. The third-order valence-electron chi connectivity index (χ3n) is 6.37. The molecule has 1 atom stereocenters. The van der Waals surface area contributed by atoms with E-state index in [1.54, 1.807) is 24.3 Å². The van der Waals surface area contributed by atoms with E-state index in [9.17, 15) is 12.8 Å². The zero-order valence-corrected chi connectivity index (χ0v) is 23.4. The van der Waals surface area contributed by atoms with E-state index in [-0.39, 0.29) is 24.3 Å². The Bertz CT molecular complexity index is 1590. The molecule has 40 heavy (non-hydrogen) atoms. The second kappa shape index (κ2) is 12.3. The van der Waals surface area contributed by atoms with E-state index >= 15 is 0 Å². The van der Waals surface area contributed by atoms with Gasteiger partial charge in [-0.2, -0.15) is 0 Å². The van der Waals surface area contributed by atoms with Crippen LogP contribution < -0.4 is 26.0 Å². The zero-order chi connectivity index (χ0) is 28.1. The van der Waals surface area contributed by atoms with Gasteiger partial charge in [-0.1, -0.05) is 23.7 Å². The largest absolute Gasteiger partial charge is 0.487 e. The predicted octanol–water partition coefficient (Wildman–Crippen LogP) is 5.54. The summed E-state index contributed by atoms with van der Waals surface area (Å²) in [7, 11) is -3.01. The first-order valence-electron chi connectivity index (χ1n) is 12.8. The van der Waals surface area contributed by atoms with Crippen LogP contribution in [0.4, 0.5) is 15.8 Å². The number of furan rings is 1. The van der Waals surface area contributed by atoms with Crippen molar-refractivity contribution in [3.8, 4) is 17.1 Å². The van der Waals surface area contributed by atoms with Crippen molar-refractivity contribution >= 4 is 32.8 Å². The number of ether oxygens (including phenoxy) is 1. The molecule has 1 unspecified atom stereocenters. The van der Waals surface area contributed by atoms with Crippen LogP contribution in [0, 0.1) is 5.82 Å². The summed E-state index contributed by atoms with van der Waals surface area (Å²) in [6.45, 7) is 1.59. The van der Waals surface area contributed by atoms with E-state index in [2.05, 4.69) is 27.3 Å². The normalized spacial score (nSPS) is 14.8. The molecule has 0 aliphatic carbocycles. The minimum absolute atomic E-state index is 0.0790. The Balaban J connectivity index is 1.25. The third kappa shape index (κ3) is 7.33. The Hall–Kier alpha value is -3.57. The average Bonchev–Trinajstić information content (AvgIpc) is 3.39. The predicted molar refractivity (Wildman–Crippen MR) is 156 cm³/mol. The van der Waals surface area contributed by atoms with Crippen molar-refractivity contribution in [2.45, 2.75) is 19.3 Å². The number of hydrogen-bond donors (Lipinski definition) is 4. The van der Waals surface area contributed by atoms with Crippen LogP contribution in [-0.2, 0) is 23.0 Å². The zero-order valence-electron chi connectivity index (χ0n) is 21.8. The Morgan fingerprint density at radius 1 is 1.10 bits per heavy atom. The first-order valence-corrected chi connectivity index (χ1v) is 15.2. The van der Waals surface area contributed by atoms with Crippen molar-refractivity contribution in [2.75, 3.05) is 35.9 Å². The highest BCUT2D eigenvalue weighted by Crippen LogP contribution is 2.34. The van der Waals surface area contributed by atoms with Crippen molar-refractivity contribution in [1.29, 1.82) is 0 Å². The fourth-order valence-electron chi connectivity index (χ4n) is 4.36. The fourth-order valence-corrected chi connectivity index (χ4v) is 5.11. The van der Waals surface area contributed by atoms with Gasteiger partial charge < -0.3 is 25.1 Å². The first-order chi connectivity index (χ1) is 19.2. The van der Waals surface area contributed by atoms with Gasteiger partial charge in [-0.05, 0) is 66.2 Å². The highest BCUT2D eigenvalue weighted by Gasteiger charge is 2.21. The van der Waals surface area contributed by atoms with Gasteiger partial charge in [-0.15, -0.1) is 0 Å². The first kappa shape index (κ1) is 28.0. The van der Waals surface area contributed by atoms with E-state index in [0.717, 1.165) is 39.6 Å². The number of rotatable bonds is 11. The second-order valence-electron chi connectivity index (χ2n) is 9.57. The smallest absolute Gasteiger partial charge is 0.148 e. The van der Waals surface area contributed by atoms with Gasteiger partial charge in [0.1, 0.15) is 45.7 Å². The van der Waals surface area contributed by atoms with Crippen LogP contribution in [0.5, 0.6) is 5.75 Å². The van der Waals surface area contributed by atoms with Gasteiger partial charge in [0, 0.05) is 35.3 Å². The van der Waals surface area contributed by atoms with Gasteiger partial charge >= 0.3 is 0 Å². The minimum atomic E-state index is -3.01. The lowest BCUT2D eigenvalue weighted by atomic mass is 10.0. The van der Waals surface area contributed by atoms with E-state index in [1.165, 1.54) is 18.4 Å². The summed E-state index contributed by atoms with van der Waals surface area (Å²) in [6.07, 6.45) is 1.02. The monoisotopic (exact) mass is 584 g/mol. The SMILES string of the molecule is CS(=O)(=O)CCNCc1ccc(-c2ccc3c(c2)C(Nc2ccc(OCc4cccc(F)c4)c(Cl)c2)NCN3)o1. The number of hydrogen-bond acceptors (Lipinski definition) is 8. The molecule has 0 spiro atoms. The van der Waals surface area contributed by atoms with Gasteiger partial charge in [0.2, 0.25) is 0 Å². The van der Waals surface area contributed by atoms with Crippen LogP contribution in [-0.4, -0.2) is 33.6 Å². The number of halogens is 2. The molecule has 0 amide bonds. The topological polar surface area (TPSA) is 105 Å². The molecule has 4 aromatic rings. The molecule has 0 bridgehead atoms. The summed E-state index contributed by atoms with van der Waals surface area (Å²) >= 11 is 6.50. The molecule has 8 nitrogen and oxygen atoms in total. The third-order valence-corrected chi connectivity index (χ3v) is 7.61. The van der Waals surface area contributed by atoms with Crippen LogP contribution >= 0.6 is 11.6 Å². The molecule has 0 saturated carbocycles. The van der Waals surface area contributed by atoms with Crippen molar-refractivity contribution in [3.05, 3.63) is 101 Å². The second-order valence-corrected chi connectivity index (χ2v) is 12.2. The van der Waals surface area contributed by atoms with Crippen molar-refractivity contribution in [3.63, 3.8) is 0 Å². The number of anilines is 2. The number of nitrogens with one attached hydrogen (secondary N) is 4. The van der Waals surface area contributed by atoms with Gasteiger partial charge in [0.25, 0.3) is 0 Å². The maximum Gasteiger partial charge on any atom is 0.148 e. The van der Waals surface area contributed by atoms with E-state index in [1.807, 2.05) is 30.3 Å². The van der Waals surface area contributed by atoms with Crippen LogP contribution in [0.1, 0.15) is 23.1 Å². The van der Waals surface area contributed by atoms with Crippen molar-refractivity contribution in [2.24, 2.45) is 0 Å². The Labute approximate surface area is 237 Å². The number of sulfone groups is 1. The molecule has 0 fully saturated rings. The van der Waals surface area contributed by atoms with Crippen LogP contribution in [0.15, 0.2) is 77.2 Å². The number of fused-ring (bicyclic) bond motifs is 1. The van der Waals surface area contributed by atoms with Gasteiger partial charge in [0.05, 0.1) is 24.0 Å². The summed E-state index contributed by atoms with van der Waals surface area (Å²) < 4.78 is 47.9. The maximum atomic E-state index is 13.4. The van der Waals surface area contributed by atoms with Crippen LogP contribution in [0.25, 0.3) is 11.3 Å². The summed E-state index contributed by atoms with van der Waals surface area (Å²) in [5.74, 6) is 1.72. The Morgan fingerprint density at radius 2 is 1.98 bits per heavy atom. The molecule has 5 rings (SSSR count).